The standard InChI is InChI=1S/C6H3BrCl2O3S/c7-3-1-5(10)6(2-4(3)8)13(9,11)12/h1-2,10H. The fraction of sp³-hybridized carbons (Fsp3) is 0. The van der Waals surface area contributed by atoms with Crippen LogP contribution in [0.15, 0.2) is 21.5 Å². The number of phenolic OH excluding ortho intramolecular Hbond substituents is 1. The van der Waals surface area contributed by atoms with Crippen molar-refractivity contribution in [3.8, 4) is 5.75 Å². The third-order valence-corrected chi connectivity index (χ3v) is 3.81. The van der Waals surface area contributed by atoms with Gasteiger partial charge in [0, 0.05) is 15.2 Å². The normalized spacial score (nSPS) is 11.6. The number of aromatic hydroxyl groups is 1. The van der Waals surface area contributed by atoms with Gasteiger partial charge in [0.25, 0.3) is 9.05 Å². The maximum atomic E-state index is 10.8. The Morgan fingerprint density at radius 2 is 1.92 bits per heavy atom. The van der Waals surface area contributed by atoms with Crippen LogP contribution in [0.2, 0.25) is 5.02 Å². The zero-order valence-electron chi connectivity index (χ0n) is 5.96. The molecular weight excluding hydrogens is 303 g/mol. The van der Waals surface area contributed by atoms with Gasteiger partial charge in [-0.25, -0.2) is 8.42 Å². The molecule has 0 heterocycles. The van der Waals surface area contributed by atoms with E-state index in [4.69, 9.17) is 22.3 Å². The van der Waals surface area contributed by atoms with Crippen LogP contribution in [-0.4, -0.2) is 13.5 Å². The summed E-state index contributed by atoms with van der Waals surface area (Å²) in [6, 6.07) is 2.24. The molecule has 13 heavy (non-hydrogen) atoms. The van der Waals surface area contributed by atoms with Crippen molar-refractivity contribution in [2.75, 3.05) is 0 Å². The quantitative estimate of drug-likeness (QED) is 0.812. The molecule has 0 atom stereocenters. The van der Waals surface area contributed by atoms with E-state index in [1.807, 2.05) is 0 Å². The molecule has 1 aromatic carbocycles. The lowest BCUT2D eigenvalue weighted by Gasteiger charge is -2.02. The van der Waals surface area contributed by atoms with Crippen LogP contribution in [0.3, 0.4) is 0 Å². The van der Waals surface area contributed by atoms with E-state index in [0.29, 0.717) is 4.47 Å². The minimum Gasteiger partial charge on any atom is -0.506 e. The smallest absolute Gasteiger partial charge is 0.265 e. The molecule has 1 rings (SSSR count). The van der Waals surface area contributed by atoms with Gasteiger partial charge in [-0.2, -0.15) is 0 Å². The summed E-state index contributed by atoms with van der Waals surface area (Å²) in [6.07, 6.45) is 0. The van der Waals surface area contributed by atoms with Gasteiger partial charge in [-0.3, -0.25) is 0 Å². The second kappa shape index (κ2) is 3.65. The monoisotopic (exact) mass is 304 g/mol. The Morgan fingerprint density at radius 3 is 2.38 bits per heavy atom. The first-order chi connectivity index (χ1) is 5.82. The van der Waals surface area contributed by atoms with E-state index in [0.717, 1.165) is 12.1 Å². The Hall–Kier alpha value is 0.0300. The largest absolute Gasteiger partial charge is 0.506 e. The van der Waals surface area contributed by atoms with Gasteiger partial charge in [0.05, 0.1) is 5.02 Å². The van der Waals surface area contributed by atoms with Crippen LogP contribution in [-0.2, 0) is 9.05 Å². The lowest BCUT2D eigenvalue weighted by Crippen LogP contribution is -1.91. The topological polar surface area (TPSA) is 54.4 Å². The van der Waals surface area contributed by atoms with Gasteiger partial charge < -0.3 is 5.11 Å². The van der Waals surface area contributed by atoms with Crippen LogP contribution in [0.5, 0.6) is 5.75 Å². The Bertz CT molecular complexity index is 443. The van der Waals surface area contributed by atoms with Crippen LogP contribution < -0.4 is 0 Å². The number of hydrogen-bond donors (Lipinski definition) is 1. The summed E-state index contributed by atoms with van der Waals surface area (Å²) >= 11 is 8.63. The van der Waals surface area contributed by atoms with Crippen molar-refractivity contribution < 1.29 is 13.5 Å². The van der Waals surface area contributed by atoms with Crippen molar-refractivity contribution in [1.82, 2.24) is 0 Å². The summed E-state index contributed by atoms with van der Waals surface area (Å²) in [5, 5.41) is 9.36. The Balaban J connectivity index is 3.50. The molecule has 0 fully saturated rings. The maximum absolute atomic E-state index is 10.8. The molecule has 0 aliphatic heterocycles. The van der Waals surface area contributed by atoms with E-state index in [2.05, 4.69) is 15.9 Å². The van der Waals surface area contributed by atoms with Gasteiger partial charge in [-0.15, -0.1) is 0 Å². The third kappa shape index (κ3) is 2.49. The lowest BCUT2D eigenvalue weighted by molar-refractivity contribution is 0.459. The predicted octanol–water partition coefficient (Wildman–Crippen LogP) is 2.74. The molecule has 0 bridgehead atoms. The highest BCUT2D eigenvalue weighted by atomic mass is 79.9. The summed E-state index contributed by atoms with van der Waals surface area (Å²) < 4.78 is 22.1. The minimum absolute atomic E-state index is 0.164. The van der Waals surface area contributed by atoms with Crippen molar-refractivity contribution in [3.05, 3.63) is 21.6 Å². The van der Waals surface area contributed by atoms with E-state index >= 15 is 0 Å². The number of hydrogen-bond acceptors (Lipinski definition) is 3. The van der Waals surface area contributed by atoms with Gasteiger partial charge in [0.1, 0.15) is 10.6 Å². The Morgan fingerprint density at radius 1 is 1.38 bits per heavy atom. The van der Waals surface area contributed by atoms with Gasteiger partial charge in [-0.05, 0) is 28.1 Å². The molecule has 0 saturated carbocycles. The number of benzene rings is 1. The average molecular weight is 306 g/mol. The second-order valence-electron chi connectivity index (χ2n) is 2.17. The molecule has 0 aromatic heterocycles. The van der Waals surface area contributed by atoms with Crippen molar-refractivity contribution in [2.24, 2.45) is 0 Å². The van der Waals surface area contributed by atoms with Gasteiger partial charge >= 0.3 is 0 Å². The molecule has 0 spiro atoms. The van der Waals surface area contributed by atoms with E-state index in [1.54, 1.807) is 0 Å². The highest BCUT2D eigenvalue weighted by Crippen LogP contribution is 2.34. The van der Waals surface area contributed by atoms with E-state index in [-0.39, 0.29) is 5.02 Å². The first kappa shape index (κ1) is 11.1. The summed E-state index contributed by atoms with van der Waals surface area (Å²) in [7, 11) is 1.07. The average Bonchev–Trinajstić information content (AvgIpc) is 1.94. The summed E-state index contributed by atoms with van der Waals surface area (Å²) in [5.74, 6) is -0.439. The van der Waals surface area contributed by atoms with E-state index < -0.39 is 19.7 Å². The van der Waals surface area contributed by atoms with E-state index in [9.17, 15) is 13.5 Å². The number of rotatable bonds is 1. The second-order valence-corrected chi connectivity index (χ2v) is 5.97. The SMILES string of the molecule is O=S(=O)(Cl)c1cc(Cl)c(Br)cc1O. The molecule has 0 aliphatic carbocycles. The summed E-state index contributed by atoms with van der Waals surface area (Å²) in [4.78, 5) is -0.401. The molecule has 7 heteroatoms. The highest BCUT2D eigenvalue weighted by Gasteiger charge is 2.17. The first-order valence-electron chi connectivity index (χ1n) is 2.95. The first-order valence-corrected chi connectivity index (χ1v) is 6.43. The zero-order valence-corrected chi connectivity index (χ0v) is 9.87. The lowest BCUT2D eigenvalue weighted by atomic mass is 10.3. The Labute approximate surface area is 92.8 Å². The molecule has 1 N–H and O–H groups in total. The summed E-state index contributed by atoms with van der Waals surface area (Å²) in [6.45, 7) is 0. The van der Waals surface area contributed by atoms with Crippen LogP contribution >= 0.6 is 38.2 Å². The molecule has 0 radical (unpaired) electrons. The van der Waals surface area contributed by atoms with Gasteiger partial charge in [0.2, 0.25) is 0 Å². The van der Waals surface area contributed by atoms with Gasteiger partial charge in [-0.1, -0.05) is 11.6 Å². The molecule has 1 aromatic rings. The number of phenols is 1. The van der Waals surface area contributed by atoms with Gasteiger partial charge in [0.15, 0.2) is 0 Å². The van der Waals surface area contributed by atoms with Crippen molar-refractivity contribution in [1.29, 1.82) is 0 Å². The molecule has 0 amide bonds. The molecule has 0 aliphatic rings. The van der Waals surface area contributed by atoms with Crippen molar-refractivity contribution in [3.63, 3.8) is 0 Å². The third-order valence-electron chi connectivity index (χ3n) is 1.26. The molecule has 0 saturated heterocycles. The fourth-order valence-corrected chi connectivity index (χ4v) is 2.21. The number of halogens is 3. The fourth-order valence-electron chi connectivity index (χ4n) is 0.713. The summed E-state index contributed by atoms with van der Waals surface area (Å²) in [5.41, 5.74) is 0. The maximum Gasteiger partial charge on any atom is 0.265 e. The predicted molar refractivity (Wildman–Crippen MR) is 53.9 cm³/mol. The zero-order chi connectivity index (χ0) is 10.2. The van der Waals surface area contributed by atoms with Crippen LogP contribution in [0, 0.1) is 0 Å². The molecule has 72 valence electrons. The van der Waals surface area contributed by atoms with Crippen molar-refractivity contribution >= 4 is 47.3 Å². The Kier molecular flexibility index (Phi) is 3.12. The van der Waals surface area contributed by atoms with Crippen LogP contribution in [0.1, 0.15) is 0 Å². The van der Waals surface area contributed by atoms with Crippen molar-refractivity contribution in [2.45, 2.75) is 4.90 Å². The molecular formula is C6H3BrCl2O3S. The highest BCUT2D eigenvalue weighted by molar-refractivity contribution is 9.10. The molecule has 0 unspecified atom stereocenters. The minimum atomic E-state index is -3.96. The van der Waals surface area contributed by atoms with Crippen LogP contribution in [0.25, 0.3) is 0 Å². The van der Waals surface area contributed by atoms with E-state index in [1.165, 1.54) is 0 Å². The van der Waals surface area contributed by atoms with Crippen LogP contribution in [0.4, 0.5) is 0 Å². The molecule has 3 nitrogen and oxygen atoms in total.